The summed E-state index contributed by atoms with van der Waals surface area (Å²) in [5, 5.41) is 0.724. The lowest BCUT2D eigenvalue weighted by atomic mass is 10.0. The molecule has 0 radical (unpaired) electrons. The Morgan fingerprint density at radius 1 is 0.400 bits per heavy atom. The van der Waals surface area contributed by atoms with E-state index in [2.05, 4.69) is 15.0 Å². The van der Waals surface area contributed by atoms with Gasteiger partial charge in [-0.25, -0.2) is 20.0 Å². The van der Waals surface area contributed by atoms with Crippen molar-refractivity contribution in [1.82, 2.24) is 0 Å². The van der Waals surface area contributed by atoms with Crippen LogP contribution in [0.2, 0.25) is 25.1 Å². The van der Waals surface area contributed by atoms with Gasteiger partial charge in [-0.2, -0.15) is 0 Å². The lowest BCUT2D eigenvalue weighted by Crippen LogP contribution is -1.94. The van der Waals surface area contributed by atoms with E-state index in [1.165, 1.54) is 0 Å². The normalized spacial score (nSPS) is 19.6. The molecule has 1 aromatic rings. The molecule has 8 bridgehead atoms. The first-order chi connectivity index (χ1) is 16.9. The maximum Gasteiger partial charge on any atom is 0.0809 e. The molecule has 0 saturated heterocycles. The molecule has 5 heterocycles. The summed E-state index contributed by atoms with van der Waals surface area (Å²) in [5.41, 5.74) is 6.99. The number of fused-ring (bicyclic) bond motifs is 4. The lowest BCUT2D eigenvalue weighted by Gasteiger charge is -2.14. The number of benzene rings is 1. The second-order valence-corrected chi connectivity index (χ2v) is 9.78. The second-order valence-electron chi connectivity index (χ2n) is 7.89. The number of hydrogen-bond donors (Lipinski definition) is 0. The third-order valence-electron chi connectivity index (χ3n) is 5.52. The van der Waals surface area contributed by atoms with E-state index >= 15 is 0 Å². The fourth-order valence-corrected chi connectivity index (χ4v) is 5.28. The fraction of sp³-hybridized carbons (Fsp3) is 0. The van der Waals surface area contributed by atoms with Crippen molar-refractivity contribution in [1.29, 1.82) is 0 Å². The van der Waals surface area contributed by atoms with Crippen LogP contribution in [0.15, 0.2) is 110 Å². The highest BCUT2D eigenvalue weighted by atomic mass is 35.5. The zero-order valence-electron chi connectivity index (χ0n) is 17.5. The third-order valence-corrected chi connectivity index (χ3v) is 7.79. The van der Waals surface area contributed by atoms with Crippen LogP contribution < -0.4 is 0 Å². The summed E-state index contributed by atoms with van der Waals surface area (Å²) in [6.45, 7) is 0. The summed E-state index contributed by atoms with van der Waals surface area (Å²) in [7, 11) is 0. The number of allylic oxidation sites excluding steroid dienone is 12. The quantitative estimate of drug-likeness (QED) is 0.247. The Balaban J connectivity index is 1.55. The minimum Gasteiger partial charge on any atom is -0.249 e. The molecule has 9 heteroatoms. The molecule has 0 spiro atoms. The standard InChI is InChI=1S/C26H11Cl5N4/c27-22-21(23(28)25(30)26(31)24(22)29)19-10-18-9-16-4-3-14(33-16)7-12-1-2-13(32-12)8-15-5-6-17(34-15)11-20(19)35-18/h1-11H. The number of hydrogen-bond acceptors (Lipinski definition) is 4. The van der Waals surface area contributed by atoms with E-state index in [1.54, 1.807) is 0 Å². The van der Waals surface area contributed by atoms with Crippen molar-refractivity contribution in [2.45, 2.75) is 0 Å². The van der Waals surface area contributed by atoms with Crippen LogP contribution >= 0.6 is 58.0 Å². The zero-order chi connectivity index (χ0) is 24.3. The first-order valence-electron chi connectivity index (χ1n) is 10.4. The first kappa shape index (κ1) is 22.7. The molecule has 35 heavy (non-hydrogen) atoms. The molecular formula is C26H11Cl5N4. The summed E-state index contributed by atoms with van der Waals surface area (Å²) in [6, 6.07) is 0. The van der Waals surface area contributed by atoms with E-state index in [4.69, 9.17) is 63.0 Å². The molecule has 170 valence electrons. The third kappa shape index (κ3) is 4.16. The second kappa shape index (κ2) is 8.74. The SMILES string of the molecule is Clc1c(Cl)c(Cl)c(C2=CC3=NC2=CC2=NC(=CC4=NC(=CC5=NC(=C3)C=C5)C=C4)C=C2)c(Cl)c1Cl. The van der Waals surface area contributed by atoms with Gasteiger partial charge >= 0.3 is 0 Å². The fourth-order valence-electron chi connectivity index (χ4n) is 3.94. The number of rotatable bonds is 1. The van der Waals surface area contributed by atoms with Crippen molar-refractivity contribution >= 4 is 86.4 Å². The molecule has 0 fully saturated rings. The molecule has 5 aliphatic heterocycles. The van der Waals surface area contributed by atoms with E-state index in [0.29, 0.717) is 28.3 Å². The van der Waals surface area contributed by atoms with Gasteiger partial charge in [0.15, 0.2) is 0 Å². The maximum absolute atomic E-state index is 6.59. The molecule has 0 aliphatic carbocycles. The van der Waals surface area contributed by atoms with Crippen molar-refractivity contribution in [3.63, 3.8) is 0 Å². The number of nitrogens with zero attached hydrogens (tertiary/aromatic N) is 4. The number of halogens is 5. The van der Waals surface area contributed by atoms with Gasteiger partial charge in [-0.3, -0.25) is 0 Å². The van der Waals surface area contributed by atoms with Gasteiger partial charge < -0.3 is 0 Å². The van der Waals surface area contributed by atoms with Crippen LogP contribution in [0.4, 0.5) is 0 Å². The van der Waals surface area contributed by atoms with Gasteiger partial charge in [0.2, 0.25) is 0 Å². The zero-order valence-corrected chi connectivity index (χ0v) is 21.3. The smallest absolute Gasteiger partial charge is 0.0809 e. The molecule has 0 N–H and O–H groups in total. The Morgan fingerprint density at radius 3 is 1.34 bits per heavy atom. The van der Waals surface area contributed by atoms with Crippen molar-refractivity contribution < 1.29 is 0 Å². The average molecular weight is 557 g/mol. The summed E-state index contributed by atoms with van der Waals surface area (Å²) < 4.78 is 0. The summed E-state index contributed by atoms with van der Waals surface area (Å²) >= 11 is 32.1. The molecule has 6 rings (SSSR count). The molecule has 0 atom stereocenters. The Hall–Kier alpha value is -2.73. The first-order valence-corrected chi connectivity index (χ1v) is 12.2. The van der Waals surface area contributed by atoms with Crippen LogP contribution in [-0.2, 0) is 0 Å². The minimum atomic E-state index is 0.0983. The van der Waals surface area contributed by atoms with E-state index in [9.17, 15) is 0 Å². The molecule has 0 unspecified atom stereocenters. The van der Waals surface area contributed by atoms with Gasteiger partial charge in [0.05, 0.1) is 70.7 Å². The summed E-state index contributed by atoms with van der Waals surface area (Å²) in [5.74, 6) is 0. The Kier molecular flexibility index (Phi) is 5.67. The van der Waals surface area contributed by atoms with Crippen molar-refractivity contribution in [2.24, 2.45) is 20.0 Å². The summed E-state index contributed by atoms with van der Waals surface area (Å²) in [6.07, 6.45) is 21.0. The molecular weight excluding hydrogens is 546 g/mol. The van der Waals surface area contributed by atoms with E-state index < -0.39 is 0 Å². The minimum absolute atomic E-state index is 0.0983. The predicted octanol–water partition coefficient (Wildman–Crippen LogP) is 8.37. The van der Waals surface area contributed by atoms with Crippen LogP contribution in [0.1, 0.15) is 5.56 Å². The van der Waals surface area contributed by atoms with E-state index in [0.717, 1.165) is 28.5 Å². The molecule has 0 saturated carbocycles. The molecule has 4 nitrogen and oxygen atoms in total. The molecule has 0 amide bonds. The molecule has 1 aromatic carbocycles. The van der Waals surface area contributed by atoms with Gasteiger partial charge in [-0.15, -0.1) is 0 Å². The highest BCUT2D eigenvalue weighted by Crippen LogP contribution is 2.48. The van der Waals surface area contributed by atoms with Crippen LogP contribution in [0, 0.1) is 0 Å². The highest BCUT2D eigenvalue weighted by molar-refractivity contribution is 6.56. The molecule has 0 aromatic heterocycles. The lowest BCUT2D eigenvalue weighted by molar-refractivity contribution is 1.41. The largest absolute Gasteiger partial charge is 0.249 e. The van der Waals surface area contributed by atoms with Crippen LogP contribution in [0.3, 0.4) is 0 Å². The predicted molar refractivity (Wildman–Crippen MR) is 149 cm³/mol. The Morgan fingerprint density at radius 2 is 0.829 bits per heavy atom. The average Bonchev–Trinajstić information content (AvgIpc) is 3.62. The molecule has 5 aliphatic rings. The van der Waals surface area contributed by atoms with Gasteiger partial charge in [0.25, 0.3) is 0 Å². The van der Waals surface area contributed by atoms with Crippen molar-refractivity contribution in [2.75, 3.05) is 0 Å². The van der Waals surface area contributed by atoms with E-state index in [1.807, 2.05) is 66.8 Å². The van der Waals surface area contributed by atoms with Gasteiger partial charge in [0.1, 0.15) is 0 Å². The Bertz CT molecular complexity index is 1590. The van der Waals surface area contributed by atoms with Crippen LogP contribution in [-0.4, -0.2) is 22.8 Å². The van der Waals surface area contributed by atoms with Crippen LogP contribution in [0.25, 0.3) is 5.57 Å². The maximum atomic E-state index is 6.59. The van der Waals surface area contributed by atoms with Gasteiger partial charge in [-0.1, -0.05) is 58.0 Å². The topological polar surface area (TPSA) is 49.4 Å². The highest BCUT2D eigenvalue weighted by Gasteiger charge is 2.26. The van der Waals surface area contributed by atoms with Crippen LogP contribution in [0.5, 0.6) is 0 Å². The van der Waals surface area contributed by atoms with Crippen molar-refractivity contribution in [3.05, 3.63) is 120 Å². The monoisotopic (exact) mass is 554 g/mol. The number of aliphatic imine (C=N–C) groups is 4. The van der Waals surface area contributed by atoms with Gasteiger partial charge in [0, 0.05) is 11.1 Å². The van der Waals surface area contributed by atoms with E-state index in [-0.39, 0.29) is 25.1 Å². The van der Waals surface area contributed by atoms with Crippen molar-refractivity contribution in [3.8, 4) is 0 Å². The van der Waals surface area contributed by atoms with Gasteiger partial charge in [-0.05, 0) is 66.8 Å². The Labute approximate surface area is 225 Å². The summed E-state index contributed by atoms with van der Waals surface area (Å²) in [4.78, 5) is 18.8.